The number of halogens is 1. The van der Waals surface area contributed by atoms with Gasteiger partial charge in [-0.15, -0.1) is 11.6 Å². The van der Waals surface area contributed by atoms with E-state index < -0.39 is 0 Å². The van der Waals surface area contributed by atoms with Crippen molar-refractivity contribution in [2.75, 3.05) is 7.11 Å². The topological polar surface area (TPSA) is 35.0 Å². The van der Waals surface area contributed by atoms with Crippen LogP contribution in [0.25, 0.3) is 0 Å². The molecule has 1 saturated carbocycles. The van der Waals surface area contributed by atoms with Gasteiger partial charge in [0.25, 0.3) is 0 Å². The van der Waals surface area contributed by atoms with E-state index in [2.05, 4.69) is 34.2 Å². The van der Waals surface area contributed by atoms with Crippen LogP contribution in [0.4, 0.5) is 0 Å². The largest absolute Gasteiger partial charge is 0.481 e. The van der Waals surface area contributed by atoms with Gasteiger partial charge in [0.2, 0.25) is 5.88 Å². The Bertz CT molecular complexity index is 576. The maximum Gasteiger partial charge on any atom is 0.216 e. The van der Waals surface area contributed by atoms with Crippen LogP contribution in [-0.4, -0.2) is 22.5 Å². The minimum Gasteiger partial charge on any atom is -0.481 e. The van der Waals surface area contributed by atoms with Gasteiger partial charge in [-0.2, -0.15) is 0 Å². The van der Waals surface area contributed by atoms with Crippen molar-refractivity contribution >= 4 is 11.6 Å². The third-order valence-corrected chi connectivity index (χ3v) is 4.32. The van der Waals surface area contributed by atoms with Crippen molar-refractivity contribution in [3.63, 3.8) is 0 Å². The van der Waals surface area contributed by atoms with E-state index in [1.807, 2.05) is 12.1 Å². The molecule has 0 N–H and O–H groups in total. The molecule has 3 rings (SSSR count). The Morgan fingerprint density at radius 3 is 2.85 bits per heavy atom. The van der Waals surface area contributed by atoms with Gasteiger partial charge in [-0.3, -0.25) is 0 Å². The van der Waals surface area contributed by atoms with Crippen molar-refractivity contribution in [1.82, 2.24) is 9.97 Å². The first-order chi connectivity index (χ1) is 9.78. The lowest BCUT2D eigenvalue weighted by Crippen LogP contribution is -2.09. The number of benzene rings is 1. The molecule has 1 aromatic heterocycles. The molecular formula is C16H17ClN2O. The minimum absolute atomic E-state index is 0.111. The second-order valence-electron chi connectivity index (χ2n) is 5.19. The summed E-state index contributed by atoms with van der Waals surface area (Å²) in [6.45, 7) is 0. The molecule has 0 saturated heterocycles. The second kappa shape index (κ2) is 5.80. The number of rotatable bonds is 5. The first-order valence-corrected chi connectivity index (χ1v) is 7.25. The Labute approximate surface area is 124 Å². The van der Waals surface area contributed by atoms with Crippen molar-refractivity contribution < 1.29 is 4.74 Å². The molecule has 3 nitrogen and oxygen atoms in total. The molecule has 0 spiro atoms. The molecule has 4 heteroatoms. The molecule has 1 fully saturated rings. The highest BCUT2D eigenvalue weighted by Gasteiger charge is 2.43. The predicted molar refractivity (Wildman–Crippen MR) is 79.2 cm³/mol. The molecule has 3 atom stereocenters. The van der Waals surface area contributed by atoms with Gasteiger partial charge in [-0.05, 0) is 23.8 Å². The number of aromatic nitrogens is 2. The van der Waals surface area contributed by atoms with Crippen molar-refractivity contribution in [2.45, 2.75) is 24.1 Å². The summed E-state index contributed by atoms with van der Waals surface area (Å²) < 4.78 is 5.11. The number of methoxy groups -OCH3 is 1. The molecule has 1 aliphatic carbocycles. The van der Waals surface area contributed by atoms with Crippen LogP contribution in [0.5, 0.6) is 5.88 Å². The summed E-state index contributed by atoms with van der Waals surface area (Å²) in [6, 6.07) is 12.4. The lowest BCUT2D eigenvalue weighted by atomic mass is 10.1. The summed E-state index contributed by atoms with van der Waals surface area (Å²) in [4.78, 5) is 8.27. The fourth-order valence-electron chi connectivity index (χ4n) is 2.65. The Morgan fingerprint density at radius 1 is 1.30 bits per heavy atom. The van der Waals surface area contributed by atoms with Crippen molar-refractivity contribution in [2.24, 2.45) is 5.92 Å². The van der Waals surface area contributed by atoms with Gasteiger partial charge in [0.05, 0.1) is 7.11 Å². The third kappa shape index (κ3) is 2.93. The molecule has 1 aromatic carbocycles. The molecule has 0 amide bonds. The van der Waals surface area contributed by atoms with Crippen molar-refractivity contribution in [3.05, 3.63) is 54.0 Å². The van der Waals surface area contributed by atoms with E-state index in [4.69, 9.17) is 16.3 Å². The molecule has 20 heavy (non-hydrogen) atoms. The average Bonchev–Trinajstić information content (AvgIpc) is 3.29. The molecule has 0 aliphatic heterocycles. The Morgan fingerprint density at radius 2 is 2.10 bits per heavy atom. The highest BCUT2D eigenvalue weighted by atomic mass is 35.5. The van der Waals surface area contributed by atoms with E-state index in [1.165, 1.54) is 18.3 Å². The highest BCUT2D eigenvalue weighted by Crippen LogP contribution is 2.51. The summed E-state index contributed by atoms with van der Waals surface area (Å²) in [7, 11) is 1.61. The molecule has 0 bridgehead atoms. The second-order valence-corrected chi connectivity index (χ2v) is 5.75. The van der Waals surface area contributed by atoms with Crippen LogP contribution in [0, 0.1) is 5.92 Å². The summed E-state index contributed by atoms with van der Waals surface area (Å²) in [5.41, 5.74) is 2.33. The SMILES string of the molecule is COc1cc(CC(Cl)C2CC2c2ccccc2)ncn1. The van der Waals surface area contributed by atoms with E-state index in [0.717, 1.165) is 12.1 Å². The van der Waals surface area contributed by atoms with E-state index in [0.29, 0.717) is 17.7 Å². The smallest absolute Gasteiger partial charge is 0.216 e. The maximum absolute atomic E-state index is 6.55. The average molecular weight is 289 g/mol. The Hall–Kier alpha value is -1.61. The summed E-state index contributed by atoms with van der Waals surface area (Å²) in [6.07, 6.45) is 3.45. The van der Waals surface area contributed by atoms with Gasteiger partial charge in [-0.1, -0.05) is 30.3 Å². The monoisotopic (exact) mass is 288 g/mol. The summed E-state index contributed by atoms with van der Waals surface area (Å²) in [5.74, 6) is 1.73. The molecule has 3 unspecified atom stereocenters. The van der Waals surface area contributed by atoms with Gasteiger partial charge >= 0.3 is 0 Å². The lowest BCUT2D eigenvalue weighted by molar-refractivity contribution is 0.395. The Balaban J connectivity index is 1.62. The quantitative estimate of drug-likeness (QED) is 0.791. The van der Waals surface area contributed by atoms with E-state index in [-0.39, 0.29) is 5.38 Å². The van der Waals surface area contributed by atoms with Gasteiger partial charge in [0.1, 0.15) is 6.33 Å². The fraction of sp³-hybridized carbons (Fsp3) is 0.375. The Kier molecular flexibility index (Phi) is 3.88. The minimum atomic E-state index is 0.111. The number of ether oxygens (including phenoxy) is 1. The van der Waals surface area contributed by atoms with Crippen LogP contribution in [-0.2, 0) is 6.42 Å². The van der Waals surface area contributed by atoms with Crippen LogP contribution < -0.4 is 4.74 Å². The van der Waals surface area contributed by atoms with Crippen LogP contribution in [0.15, 0.2) is 42.7 Å². The zero-order valence-electron chi connectivity index (χ0n) is 11.4. The van der Waals surface area contributed by atoms with E-state index >= 15 is 0 Å². The van der Waals surface area contributed by atoms with E-state index in [9.17, 15) is 0 Å². The van der Waals surface area contributed by atoms with Crippen molar-refractivity contribution in [3.8, 4) is 5.88 Å². The van der Waals surface area contributed by atoms with Crippen LogP contribution in [0.1, 0.15) is 23.6 Å². The normalized spacial score (nSPS) is 22.3. The molecule has 2 aromatic rings. The van der Waals surface area contributed by atoms with Crippen LogP contribution >= 0.6 is 11.6 Å². The van der Waals surface area contributed by atoms with Gasteiger partial charge < -0.3 is 4.74 Å². The zero-order chi connectivity index (χ0) is 13.9. The first-order valence-electron chi connectivity index (χ1n) is 6.82. The zero-order valence-corrected chi connectivity index (χ0v) is 12.1. The van der Waals surface area contributed by atoms with Crippen LogP contribution in [0.2, 0.25) is 0 Å². The summed E-state index contributed by atoms with van der Waals surface area (Å²) in [5, 5.41) is 0.111. The molecule has 1 heterocycles. The fourth-order valence-corrected chi connectivity index (χ4v) is 3.09. The predicted octanol–water partition coefficient (Wildman–Crippen LogP) is 3.44. The first kappa shape index (κ1) is 13.4. The molecule has 1 aliphatic rings. The molecule has 0 radical (unpaired) electrons. The number of hydrogen-bond acceptors (Lipinski definition) is 3. The van der Waals surface area contributed by atoms with Crippen molar-refractivity contribution in [1.29, 1.82) is 0 Å². The number of hydrogen-bond donors (Lipinski definition) is 0. The highest BCUT2D eigenvalue weighted by molar-refractivity contribution is 6.21. The van der Waals surface area contributed by atoms with Gasteiger partial charge in [0.15, 0.2) is 0 Å². The molecular weight excluding hydrogens is 272 g/mol. The van der Waals surface area contributed by atoms with E-state index in [1.54, 1.807) is 7.11 Å². The van der Waals surface area contributed by atoms with Crippen LogP contribution in [0.3, 0.4) is 0 Å². The summed E-state index contributed by atoms with van der Waals surface area (Å²) >= 11 is 6.55. The molecule has 104 valence electrons. The number of alkyl halides is 1. The third-order valence-electron chi connectivity index (χ3n) is 3.84. The van der Waals surface area contributed by atoms with Gasteiger partial charge in [0, 0.05) is 23.6 Å². The maximum atomic E-state index is 6.55. The van der Waals surface area contributed by atoms with Gasteiger partial charge in [-0.25, -0.2) is 9.97 Å². The standard InChI is InChI=1S/C16H17ClN2O/c1-20-16-8-12(18-10-19-16)7-15(17)14-9-13(14)11-5-3-2-4-6-11/h2-6,8,10,13-15H,7,9H2,1H3. The lowest BCUT2D eigenvalue weighted by Gasteiger charge is -2.09. The number of nitrogens with zero attached hydrogens (tertiary/aromatic N) is 2.